The van der Waals surface area contributed by atoms with Crippen LogP contribution in [-0.4, -0.2) is 27.9 Å². The predicted octanol–water partition coefficient (Wildman–Crippen LogP) is 4.76. The second-order valence-corrected chi connectivity index (χ2v) is 8.32. The number of thiazole rings is 1. The molecule has 1 aromatic heterocycles. The summed E-state index contributed by atoms with van der Waals surface area (Å²) in [5.74, 6) is 1.03. The molecule has 5 heteroatoms. The molecule has 1 saturated carbocycles. The summed E-state index contributed by atoms with van der Waals surface area (Å²) in [4.78, 5) is 20.4. The van der Waals surface area contributed by atoms with Crippen molar-refractivity contribution in [3.63, 3.8) is 0 Å². The van der Waals surface area contributed by atoms with E-state index >= 15 is 0 Å². The molecular formula is C18H22N2OS2. The van der Waals surface area contributed by atoms with Gasteiger partial charge in [0.1, 0.15) is 0 Å². The van der Waals surface area contributed by atoms with Crippen molar-refractivity contribution < 1.29 is 4.79 Å². The van der Waals surface area contributed by atoms with E-state index in [0.29, 0.717) is 6.04 Å². The summed E-state index contributed by atoms with van der Waals surface area (Å²) >= 11 is 3.45. The van der Waals surface area contributed by atoms with E-state index in [1.54, 1.807) is 23.1 Å². The molecule has 0 unspecified atom stereocenters. The van der Waals surface area contributed by atoms with Gasteiger partial charge in [-0.25, -0.2) is 4.98 Å². The van der Waals surface area contributed by atoms with Crippen LogP contribution in [0.2, 0.25) is 0 Å². The highest BCUT2D eigenvalue weighted by Gasteiger charge is 2.34. The molecule has 0 N–H and O–H groups in total. The highest BCUT2D eigenvalue weighted by Crippen LogP contribution is 2.30. The van der Waals surface area contributed by atoms with Gasteiger partial charge < -0.3 is 4.90 Å². The Hall–Kier alpha value is -1.33. The Kier molecular flexibility index (Phi) is 5.07. The molecule has 1 fully saturated rings. The first-order valence-electron chi connectivity index (χ1n) is 8.01. The van der Waals surface area contributed by atoms with E-state index in [0.717, 1.165) is 34.9 Å². The van der Waals surface area contributed by atoms with Gasteiger partial charge in [0, 0.05) is 33.7 Å². The van der Waals surface area contributed by atoms with Gasteiger partial charge in [0.25, 0.3) is 5.91 Å². The Bertz CT molecular complexity index is 673. The van der Waals surface area contributed by atoms with E-state index in [1.807, 2.05) is 36.1 Å². The topological polar surface area (TPSA) is 33.2 Å². The predicted molar refractivity (Wildman–Crippen MR) is 97.2 cm³/mol. The largest absolute Gasteiger partial charge is 0.333 e. The molecule has 1 amide bonds. The maximum Gasteiger partial charge on any atom is 0.254 e. The van der Waals surface area contributed by atoms with Gasteiger partial charge in [0.05, 0.1) is 10.7 Å². The zero-order valence-corrected chi connectivity index (χ0v) is 15.4. The maximum absolute atomic E-state index is 12.7. The number of hydrogen-bond donors (Lipinski definition) is 0. The molecule has 1 aliphatic carbocycles. The van der Waals surface area contributed by atoms with Crippen molar-refractivity contribution in [2.24, 2.45) is 0 Å². The first-order valence-corrected chi connectivity index (χ1v) is 9.87. The van der Waals surface area contributed by atoms with Gasteiger partial charge in [-0.1, -0.05) is 0 Å². The number of benzene rings is 1. The maximum atomic E-state index is 12.7. The van der Waals surface area contributed by atoms with Crippen LogP contribution in [0.5, 0.6) is 0 Å². The number of aryl methyl sites for hydroxylation is 1. The molecule has 0 bridgehead atoms. The van der Waals surface area contributed by atoms with Crippen LogP contribution in [0.3, 0.4) is 0 Å². The molecule has 0 saturated heterocycles. The van der Waals surface area contributed by atoms with Crippen LogP contribution in [-0.2, 0) is 5.75 Å². The number of carbonyl (C=O) groups excluding carboxylic acids is 1. The minimum Gasteiger partial charge on any atom is -0.333 e. The molecule has 1 aliphatic rings. The second kappa shape index (κ2) is 7.05. The summed E-state index contributed by atoms with van der Waals surface area (Å²) in [6.07, 6.45) is 2.29. The fourth-order valence-corrected chi connectivity index (χ4v) is 4.16. The van der Waals surface area contributed by atoms with Crippen LogP contribution < -0.4 is 0 Å². The first kappa shape index (κ1) is 16.5. The molecule has 1 aromatic carbocycles. The number of amides is 1. The molecule has 2 aromatic rings. The van der Waals surface area contributed by atoms with E-state index in [2.05, 4.69) is 24.2 Å². The zero-order chi connectivity index (χ0) is 16.4. The summed E-state index contributed by atoms with van der Waals surface area (Å²) in [7, 11) is 0. The van der Waals surface area contributed by atoms with Crippen molar-refractivity contribution in [2.45, 2.75) is 56.3 Å². The van der Waals surface area contributed by atoms with Gasteiger partial charge in [-0.15, -0.1) is 23.1 Å². The number of carbonyl (C=O) groups is 1. The van der Waals surface area contributed by atoms with E-state index in [4.69, 9.17) is 0 Å². The Labute approximate surface area is 146 Å². The smallest absolute Gasteiger partial charge is 0.254 e. The number of aromatic nitrogens is 1. The van der Waals surface area contributed by atoms with Gasteiger partial charge in [-0.3, -0.25) is 4.79 Å². The van der Waals surface area contributed by atoms with Crippen LogP contribution >= 0.6 is 23.1 Å². The molecule has 0 aliphatic heterocycles. The number of nitrogens with zero attached hydrogens (tertiary/aromatic N) is 2. The lowest BCUT2D eigenvalue weighted by atomic mass is 10.1. The lowest BCUT2D eigenvalue weighted by Gasteiger charge is -2.26. The van der Waals surface area contributed by atoms with Crippen molar-refractivity contribution >= 4 is 29.0 Å². The van der Waals surface area contributed by atoms with E-state index in [9.17, 15) is 4.79 Å². The average Bonchev–Trinajstić information content (AvgIpc) is 3.26. The minimum absolute atomic E-state index is 0.161. The highest BCUT2D eigenvalue weighted by atomic mass is 32.2. The van der Waals surface area contributed by atoms with Crippen molar-refractivity contribution in [1.82, 2.24) is 9.88 Å². The monoisotopic (exact) mass is 346 g/mol. The summed E-state index contributed by atoms with van der Waals surface area (Å²) < 4.78 is 0. The molecule has 122 valence electrons. The van der Waals surface area contributed by atoms with Crippen molar-refractivity contribution in [1.29, 1.82) is 0 Å². The number of hydrogen-bond acceptors (Lipinski definition) is 4. The van der Waals surface area contributed by atoms with Crippen molar-refractivity contribution in [3.05, 3.63) is 45.9 Å². The summed E-state index contributed by atoms with van der Waals surface area (Å²) in [6.45, 7) is 6.21. The highest BCUT2D eigenvalue weighted by molar-refractivity contribution is 7.98. The third-order valence-corrected chi connectivity index (χ3v) is 5.75. The van der Waals surface area contributed by atoms with Crippen LogP contribution in [0.25, 0.3) is 0 Å². The molecule has 0 radical (unpaired) electrons. The van der Waals surface area contributed by atoms with Crippen molar-refractivity contribution in [3.8, 4) is 0 Å². The van der Waals surface area contributed by atoms with Crippen LogP contribution in [0.15, 0.2) is 34.5 Å². The van der Waals surface area contributed by atoms with Gasteiger partial charge in [0.2, 0.25) is 0 Å². The summed E-state index contributed by atoms with van der Waals surface area (Å²) in [6, 6.07) is 8.70. The number of rotatable bonds is 6. The Balaban J connectivity index is 1.63. The SMILES string of the molecule is Cc1nc(CSc2ccc(C(=O)N(C(C)C)C3CC3)cc2)cs1. The van der Waals surface area contributed by atoms with Gasteiger partial charge in [-0.2, -0.15) is 0 Å². The minimum atomic E-state index is 0.161. The Morgan fingerprint density at radius 1 is 1.35 bits per heavy atom. The second-order valence-electron chi connectivity index (χ2n) is 6.21. The van der Waals surface area contributed by atoms with Crippen LogP contribution in [0.1, 0.15) is 47.7 Å². The fourth-order valence-electron chi connectivity index (χ4n) is 2.65. The molecule has 23 heavy (non-hydrogen) atoms. The van der Waals surface area contributed by atoms with Gasteiger partial charge in [0.15, 0.2) is 0 Å². The third kappa shape index (κ3) is 4.15. The standard InChI is InChI=1S/C18H22N2OS2/c1-12(2)20(16-6-7-16)18(21)14-4-8-17(9-5-14)23-11-15-10-22-13(3)19-15/h4-5,8-10,12,16H,6-7,11H2,1-3H3. The Morgan fingerprint density at radius 3 is 2.57 bits per heavy atom. The van der Waals surface area contributed by atoms with E-state index in [-0.39, 0.29) is 11.9 Å². The molecular weight excluding hydrogens is 324 g/mol. The molecule has 1 heterocycles. The summed E-state index contributed by atoms with van der Waals surface area (Å²) in [5, 5.41) is 3.21. The summed E-state index contributed by atoms with van der Waals surface area (Å²) in [5.41, 5.74) is 1.91. The van der Waals surface area contributed by atoms with E-state index < -0.39 is 0 Å². The molecule has 0 spiro atoms. The van der Waals surface area contributed by atoms with Crippen LogP contribution in [0.4, 0.5) is 0 Å². The third-order valence-electron chi connectivity index (χ3n) is 3.89. The lowest BCUT2D eigenvalue weighted by molar-refractivity contribution is 0.0690. The van der Waals surface area contributed by atoms with E-state index in [1.165, 1.54) is 4.90 Å². The Morgan fingerprint density at radius 2 is 2.04 bits per heavy atom. The molecule has 3 nitrogen and oxygen atoms in total. The zero-order valence-electron chi connectivity index (χ0n) is 13.8. The molecule has 3 rings (SSSR count). The van der Waals surface area contributed by atoms with Crippen molar-refractivity contribution in [2.75, 3.05) is 0 Å². The number of thioether (sulfide) groups is 1. The quantitative estimate of drug-likeness (QED) is 0.707. The normalized spacial score (nSPS) is 14.3. The van der Waals surface area contributed by atoms with Crippen LogP contribution in [0, 0.1) is 6.92 Å². The average molecular weight is 347 g/mol. The fraction of sp³-hybridized carbons (Fsp3) is 0.444. The lowest BCUT2D eigenvalue weighted by Crippen LogP contribution is -2.38. The van der Waals surface area contributed by atoms with Gasteiger partial charge >= 0.3 is 0 Å². The first-order chi connectivity index (χ1) is 11.0. The molecule has 0 atom stereocenters. The van der Waals surface area contributed by atoms with Gasteiger partial charge in [-0.05, 0) is 57.9 Å².